The Balaban J connectivity index is 0.00000264. The summed E-state index contributed by atoms with van der Waals surface area (Å²) < 4.78 is 5.75. The minimum absolute atomic E-state index is 0. The summed E-state index contributed by atoms with van der Waals surface area (Å²) in [4.78, 5) is 11.8. The third kappa shape index (κ3) is 5.83. The van der Waals surface area contributed by atoms with Crippen LogP contribution >= 0.6 is 12.4 Å². The minimum Gasteiger partial charge on any atom is -0.491 e. The van der Waals surface area contributed by atoms with Crippen molar-refractivity contribution in [1.29, 1.82) is 0 Å². The van der Waals surface area contributed by atoms with Crippen LogP contribution in [0.25, 0.3) is 0 Å². The normalized spacial score (nSPS) is 9.83. The fraction of sp³-hybridized carbons (Fsp3) is 0.278. The van der Waals surface area contributed by atoms with Gasteiger partial charge in [0, 0.05) is 5.69 Å². The molecule has 124 valence electrons. The van der Waals surface area contributed by atoms with Crippen LogP contribution in [0, 0.1) is 13.8 Å². The van der Waals surface area contributed by atoms with Crippen molar-refractivity contribution in [3.63, 3.8) is 0 Å². The number of hydrogen-bond donors (Lipinski definition) is 2. The lowest BCUT2D eigenvalue weighted by Gasteiger charge is -2.12. The van der Waals surface area contributed by atoms with Gasteiger partial charge in [0.25, 0.3) is 0 Å². The first kappa shape index (κ1) is 18.8. The first-order valence-corrected chi connectivity index (χ1v) is 7.36. The maximum Gasteiger partial charge on any atom is 0.224 e. The number of nitrogen functional groups attached to an aromatic ring is 1. The predicted molar refractivity (Wildman–Crippen MR) is 96.2 cm³/mol. The van der Waals surface area contributed by atoms with E-state index in [1.165, 1.54) is 0 Å². The summed E-state index contributed by atoms with van der Waals surface area (Å²) in [6, 6.07) is 13.4. The number of nitrogens with two attached hydrogens (primary N) is 1. The van der Waals surface area contributed by atoms with E-state index in [9.17, 15) is 4.79 Å². The number of benzene rings is 2. The van der Waals surface area contributed by atoms with Crippen molar-refractivity contribution in [3.8, 4) is 5.75 Å². The van der Waals surface area contributed by atoms with Crippen LogP contribution in [-0.4, -0.2) is 19.1 Å². The topological polar surface area (TPSA) is 64.3 Å². The molecule has 0 fully saturated rings. The minimum atomic E-state index is -0.0186. The molecule has 2 aromatic rings. The smallest absolute Gasteiger partial charge is 0.224 e. The number of hydrogen-bond acceptors (Lipinski definition) is 3. The van der Waals surface area contributed by atoms with Crippen LogP contribution in [0.4, 0.5) is 5.69 Å². The number of aryl methyl sites for hydroxylation is 2. The molecule has 0 atom stereocenters. The molecule has 0 aliphatic rings. The molecule has 5 heteroatoms. The van der Waals surface area contributed by atoms with Crippen LogP contribution in [0.3, 0.4) is 0 Å². The summed E-state index contributed by atoms with van der Waals surface area (Å²) >= 11 is 0. The molecule has 0 aliphatic heterocycles. The molecule has 0 aromatic heterocycles. The molecule has 0 saturated heterocycles. The first-order chi connectivity index (χ1) is 10.6. The van der Waals surface area contributed by atoms with Gasteiger partial charge in [0.1, 0.15) is 12.4 Å². The van der Waals surface area contributed by atoms with Gasteiger partial charge in [-0.15, -0.1) is 12.4 Å². The van der Waals surface area contributed by atoms with E-state index in [4.69, 9.17) is 10.5 Å². The van der Waals surface area contributed by atoms with E-state index in [-0.39, 0.29) is 18.3 Å². The van der Waals surface area contributed by atoms with Crippen LogP contribution in [0.15, 0.2) is 42.5 Å². The largest absolute Gasteiger partial charge is 0.491 e. The molecule has 0 spiro atoms. The van der Waals surface area contributed by atoms with E-state index in [0.717, 1.165) is 22.4 Å². The molecule has 0 saturated carbocycles. The monoisotopic (exact) mass is 334 g/mol. The highest BCUT2D eigenvalue weighted by Gasteiger charge is 2.05. The molecule has 0 radical (unpaired) electrons. The SMILES string of the molecule is Cc1cccc(C)c1OCCNC(=O)Cc1ccc(N)cc1.Cl. The second kappa shape index (κ2) is 9.06. The highest BCUT2D eigenvalue weighted by Crippen LogP contribution is 2.21. The average Bonchev–Trinajstić information content (AvgIpc) is 2.48. The van der Waals surface area contributed by atoms with Crippen molar-refractivity contribution in [2.24, 2.45) is 0 Å². The highest BCUT2D eigenvalue weighted by atomic mass is 35.5. The van der Waals surface area contributed by atoms with E-state index in [2.05, 4.69) is 5.32 Å². The molecular weight excluding hydrogens is 312 g/mol. The number of halogens is 1. The van der Waals surface area contributed by atoms with Crippen LogP contribution < -0.4 is 15.8 Å². The van der Waals surface area contributed by atoms with E-state index < -0.39 is 0 Å². The van der Waals surface area contributed by atoms with Crippen LogP contribution in [-0.2, 0) is 11.2 Å². The zero-order valence-electron chi connectivity index (χ0n) is 13.5. The van der Waals surface area contributed by atoms with E-state index >= 15 is 0 Å². The Morgan fingerprint density at radius 1 is 1.09 bits per heavy atom. The number of ether oxygens (including phenoxy) is 1. The Morgan fingerprint density at radius 3 is 2.30 bits per heavy atom. The number of para-hydroxylation sites is 1. The predicted octanol–water partition coefficient (Wildman–Crippen LogP) is 3.05. The summed E-state index contributed by atoms with van der Waals surface area (Å²) in [7, 11) is 0. The fourth-order valence-electron chi connectivity index (χ4n) is 2.25. The fourth-order valence-corrected chi connectivity index (χ4v) is 2.25. The Kier molecular flexibility index (Phi) is 7.42. The third-order valence-electron chi connectivity index (χ3n) is 3.42. The van der Waals surface area contributed by atoms with Crippen molar-refractivity contribution in [1.82, 2.24) is 5.32 Å². The van der Waals surface area contributed by atoms with Gasteiger partial charge in [-0.1, -0.05) is 30.3 Å². The van der Waals surface area contributed by atoms with Gasteiger partial charge in [0.15, 0.2) is 0 Å². The zero-order chi connectivity index (χ0) is 15.9. The summed E-state index contributed by atoms with van der Waals surface area (Å²) in [5.74, 6) is 0.880. The van der Waals surface area contributed by atoms with Gasteiger partial charge in [0.05, 0.1) is 13.0 Å². The number of rotatable bonds is 6. The summed E-state index contributed by atoms with van der Waals surface area (Å²) in [5, 5.41) is 2.86. The molecular formula is C18H23ClN2O2. The lowest BCUT2D eigenvalue weighted by molar-refractivity contribution is -0.120. The lowest BCUT2D eigenvalue weighted by atomic mass is 10.1. The Bertz CT molecular complexity index is 622. The number of amides is 1. The number of anilines is 1. The van der Waals surface area contributed by atoms with Gasteiger partial charge in [-0.3, -0.25) is 4.79 Å². The van der Waals surface area contributed by atoms with Gasteiger partial charge in [0.2, 0.25) is 5.91 Å². The summed E-state index contributed by atoms with van der Waals surface area (Å²) in [5.41, 5.74) is 9.47. The Labute approximate surface area is 143 Å². The van der Waals surface area contributed by atoms with Gasteiger partial charge < -0.3 is 15.8 Å². The number of nitrogens with one attached hydrogen (secondary N) is 1. The Hall–Kier alpha value is -2.20. The molecule has 1 amide bonds. The standard InChI is InChI=1S/C18H22N2O2.ClH/c1-13-4-3-5-14(2)18(13)22-11-10-20-17(21)12-15-6-8-16(19)9-7-15;/h3-9H,10-12,19H2,1-2H3,(H,20,21);1H. The molecule has 0 heterocycles. The van der Waals surface area contributed by atoms with Gasteiger partial charge in [-0.2, -0.15) is 0 Å². The lowest BCUT2D eigenvalue weighted by Crippen LogP contribution is -2.29. The third-order valence-corrected chi connectivity index (χ3v) is 3.42. The van der Waals surface area contributed by atoms with Crippen LogP contribution in [0.2, 0.25) is 0 Å². The second-order valence-electron chi connectivity index (χ2n) is 5.34. The average molecular weight is 335 g/mol. The second-order valence-corrected chi connectivity index (χ2v) is 5.34. The molecule has 23 heavy (non-hydrogen) atoms. The Morgan fingerprint density at radius 2 is 1.70 bits per heavy atom. The molecule has 4 nitrogen and oxygen atoms in total. The van der Waals surface area contributed by atoms with Crippen molar-refractivity contribution in [2.45, 2.75) is 20.3 Å². The first-order valence-electron chi connectivity index (χ1n) is 7.36. The van der Waals surface area contributed by atoms with E-state index in [1.54, 1.807) is 12.1 Å². The summed E-state index contributed by atoms with van der Waals surface area (Å²) in [6.45, 7) is 4.98. The molecule has 0 unspecified atom stereocenters. The van der Waals surface area contributed by atoms with Crippen molar-refractivity contribution < 1.29 is 9.53 Å². The molecule has 2 aromatic carbocycles. The van der Waals surface area contributed by atoms with E-state index in [0.29, 0.717) is 25.3 Å². The van der Waals surface area contributed by atoms with Crippen molar-refractivity contribution in [2.75, 3.05) is 18.9 Å². The molecule has 0 bridgehead atoms. The maximum atomic E-state index is 11.8. The van der Waals surface area contributed by atoms with Gasteiger partial charge in [-0.05, 0) is 42.7 Å². The van der Waals surface area contributed by atoms with Crippen molar-refractivity contribution >= 4 is 24.0 Å². The van der Waals surface area contributed by atoms with Gasteiger partial charge in [-0.25, -0.2) is 0 Å². The van der Waals surface area contributed by atoms with Crippen molar-refractivity contribution in [3.05, 3.63) is 59.2 Å². The molecule has 0 aliphatic carbocycles. The summed E-state index contributed by atoms with van der Waals surface area (Å²) in [6.07, 6.45) is 0.351. The quantitative estimate of drug-likeness (QED) is 0.630. The number of carbonyl (C=O) groups excluding carboxylic acids is 1. The maximum absolute atomic E-state index is 11.8. The zero-order valence-corrected chi connectivity index (χ0v) is 14.3. The molecule has 2 rings (SSSR count). The van der Waals surface area contributed by atoms with E-state index in [1.807, 2.05) is 44.2 Å². The van der Waals surface area contributed by atoms with Gasteiger partial charge >= 0.3 is 0 Å². The highest BCUT2D eigenvalue weighted by molar-refractivity contribution is 5.85. The number of carbonyl (C=O) groups is 1. The van der Waals surface area contributed by atoms with Crippen LogP contribution in [0.1, 0.15) is 16.7 Å². The molecule has 3 N–H and O–H groups in total. The van der Waals surface area contributed by atoms with Crippen LogP contribution in [0.5, 0.6) is 5.75 Å².